The van der Waals surface area contributed by atoms with Gasteiger partial charge in [-0.25, -0.2) is 4.79 Å². The number of hydrogen-bond acceptors (Lipinski definition) is 5. The topological polar surface area (TPSA) is 92.9 Å². The first-order valence-electron chi connectivity index (χ1n) is 6.87. The molecular formula is C14H18N2O5. The molecule has 1 aliphatic heterocycles. The molecule has 1 unspecified atom stereocenters. The van der Waals surface area contributed by atoms with Crippen LogP contribution in [-0.2, 0) is 4.79 Å². The van der Waals surface area contributed by atoms with Crippen molar-refractivity contribution in [1.29, 1.82) is 0 Å². The highest BCUT2D eigenvalue weighted by Crippen LogP contribution is 2.39. The first-order chi connectivity index (χ1) is 10.1. The second-order valence-electron chi connectivity index (χ2n) is 4.98. The van der Waals surface area contributed by atoms with Gasteiger partial charge in [-0.15, -0.1) is 0 Å². The van der Waals surface area contributed by atoms with Crippen molar-refractivity contribution in [2.24, 2.45) is 0 Å². The predicted molar refractivity (Wildman–Crippen MR) is 76.9 cm³/mol. The van der Waals surface area contributed by atoms with Crippen molar-refractivity contribution in [3.63, 3.8) is 0 Å². The first-order valence-corrected chi connectivity index (χ1v) is 6.87. The summed E-state index contributed by atoms with van der Waals surface area (Å²) < 4.78 is 5.05. The van der Waals surface area contributed by atoms with E-state index in [9.17, 15) is 20.0 Å². The lowest BCUT2D eigenvalue weighted by Crippen LogP contribution is -2.41. The Kier molecular flexibility index (Phi) is 4.62. The number of para-hydroxylation sites is 1. The second-order valence-corrected chi connectivity index (χ2v) is 4.98. The molecule has 114 valence electrons. The molecule has 0 aromatic heterocycles. The summed E-state index contributed by atoms with van der Waals surface area (Å²) in [5, 5.41) is 20.8. The number of anilines is 1. The van der Waals surface area contributed by atoms with E-state index in [0.29, 0.717) is 18.7 Å². The number of hydrogen-bond donors (Lipinski definition) is 1. The molecule has 0 saturated carbocycles. The molecule has 2 rings (SSSR count). The van der Waals surface area contributed by atoms with Crippen LogP contribution in [0.4, 0.5) is 11.4 Å². The van der Waals surface area contributed by atoms with Gasteiger partial charge in [0.05, 0.1) is 12.0 Å². The zero-order chi connectivity index (χ0) is 15.4. The number of nitro benzene ring substituents is 1. The van der Waals surface area contributed by atoms with Crippen molar-refractivity contribution in [2.45, 2.75) is 31.7 Å². The van der Waals surface area contributed by atoms with Crippen molar-refractivity contribution < 1.29 is 19.6 Å². The summed E-state index contributed by atoms with van der Waals surface area (Å²) in [4.78, 5) is 23.9. The highest BCUT2D eigenvalue weighted by atomic mass is 16.6. The molecule has 1 N–H and O–H groups in total. The van der Waals surface area contributed by atoms with E-state index >= 15 is 0 Å². The smallest absolute Gasteiger partial charge is 0.333 e. The minimum Gasteiger partial charge on any atom is -0.490 e. The van der Waals surface area contributed by atoms with E-state index in [1.165, 1.54) is 13.2 Å². The van der Waals surface area contributed by atoms with Gasteiger partial charge in [0, 0.05) is 6.54 Å². The summed E-state index contributed by atoms with van der Waals surface area (Å²) in [7, 11) is 1.36. The molecule has 1 aromatic carbocycles. The van der Waals surface area contributed by atoms with Crippen LogP contribution in [0.15, 0.2) is 18.2 Å². The Morgan fingerprint density at radius 3 is 2.81 bits per heavy atom. The fraction of sp³-hybridized carbons (Fsp3) is 0.500. The lowest BCUT2D eigenvalue weighted by molar-refractivity contribution is -0.385. The van der Waals surface area contributed by atoms with Gasteiger partial charge in [-0.3, -0.25) is 10.1 Å². The third-order valence-corrected chi connectivity index (χ3v) is 3.73. The zero-order valence-corrected chi connectivity index (χ0v) is 11.8. The quantitative estimate of drug-likeness (QED) is 0.677. The summed E-state index contributed by atoms with van der Waals surface area (Å²) in [6.45, 7) is 0.491. The van der Waals surface area contributed by atoms with E-state index in [0.717, 1.165) is 19.3 Å². The first kappa shape index (κ1) is 15.1. The number of carboxylic acids is 1. The lowest BCUT2D eigenvalue weighted by atomic mass is 10.1. The number of nitro groups is 1. The summed E-state index contributed by atoms with van der Waals surface area (Å²) in [5.74, 6) is -0.806. The second kappa shape index (κ2) is 6.43. The highest BCUT2D eigenvalue weighted by molar-refractivity contribution is 5.81. The van der Waals surface area contributed by atoms with Crippen LogP contribution in [0.25, 0.3) is 0 Å². The Hall–Kier alpha value is -2.31. The molecule has 21 heavy (non-hydrogen) atoms. The van der Waals surface area contributed by atoms with Crippen molar-refractivity contribution in [3.05, 3.63) is 28.3 Å². The normalized spacial score (nSPS) is 18.9. The Bertz CT molecular complexity index is 546. The standard InChI is InChI=1S/C14H18N2O5/c1-21-12-8-5-7-10(13(12)16(19)20)15-9-4-2-3-6-11(15)14(17)18/h5,7-8,11H,2-4,6,9H2,1H3,(H,17,18). The van der Waals surface area contributed by atoms with E-state index in [2.05, 4.69) is 0 Å². The van der Waals surface area contributed by atoms with Gasteiger partial charge in [0.15, 0.2) is 5.75 Å². The van der Waals surface area contributed by atoms with Gasteiger partial charge in [-0.1, -0.05) is 18.9 Å². The van der Waals surface area contributed by atoms with E-state index in [-0.39, 0.29) is 11.4 Å². The number of carboxylic acid groups (broad SMARTS) is 1. The fourth-order valence-electron chi connectivity index (χ4n) is 2.74. The van der Waals surface area contributed by atoms with Crippen LogP contribution in [0.2, 0.25) is 0 Å². The number of nitrogens with zero attached hydrogens (tertiary/aromatic N) is 2. The molecule has 1 fully saturated rings. The van der Waals surface area contributed by atoms with Crippen LogP contribution in [0.5, 0.6) is 5.75 Å². The van der Waals surface area contributed by atoms with Crippen LogP contribution in [-0.4, -0.2) is 35.7 Å². The van der Waals surface area contributed by atoms with Gasteiger partial charge < -0.3 is 14.7 Å². The Balaban J connectivity index is 2.51. The molecule has 1 atom stereocenters. The third-order valence-electron chi connectivity index (χ3n) is 3.73. The number of carbonyl (C=O) groups is 1. The van der Waals surface area contributed by atoms with Gasteiger partial charge in [0.1, 0.15) is 11.7 Å². The molecule has 1 saturated heterocycles. The van der Waals surface area contributed by atoms with Crippen molar-refractivity contribution >= 4 is 17.3 Å². The Morgan fingerprint density at radius 1 is 1.43 bits per heavy atom. The number of aliphatic carboxylic acids is 1. The molecular weight excluding hydrogens is 276 g/mol. The maximum Gasteiger partial charge on any atom is 0.333 e. The molecule has 1 aliphatic rings. The molecule has 0 bridgehead atoms. The van der Waals surface area contributed by atoms with Gasteiger partial charge in [-0.05, 0) is 25.0 Å². The average molecular weight is 294 g/mol. The van der Waals surface area contributed by atoms with Gasteiger partial charge in [0.25, 0.3) is 0 Å². The number of benzene rings is 1. The van der Waals surface area contributed by atoms with Crippen molar-refractivity contribution in [2.75, 3.05) is 18.6 Å². The third kappa shape index (κ3) is 3.07. The van der Waals surface area contributed by atoms with E-state index in [1.54, 1.807) is 17.0 Å². The summed E-state index contributed by atoms with van der Waals surface area (Å²) >= 11 is 0. The molecule has 1 heterocycles. The van der Waals surface area contributed by atoms with Crippen molar-refractivity contribution in [1.82, 2.24) is 0 Å². The molecule has 0 spiro atoms. The van der Waals surface area contributed by atoms with Crippen molar-refractivity contribution in [3.8, 4) is 5.75 Å². The molecule has 0 aliphatic carbocycles. The lowest BCUT2D eigenvalue weighted by Gasteiger charge is -2.28. The maximum absolute atomic E-state index is 11.5. The Morgan fingerprint density at radius 2 is 2.19 bits per heavy atom. The van der Waals surface area contributed by atoms with E-state index < -0.39 is 16.9 Å². The average Bonchev–Trinajstić information content (AvgIpc) is 2.71. The Labute approximate surface area is 122 Å². The van der Waals surface area contributed by atoms with Crippen LogP contribution in [0.1, 0.15) is 25.7 Å². The predicted octanol–water partition coefficient (Wildman–Crippen LogP) is 2.44. The summed E-state index contributed by atoms with van der Waals surface area (Å²) in [6.07, 6.45) is 3.05. The maximum atomic E-state index is 11.5. The minimum absolute atomic E-state index is 0.144. The number of ether oxygens (including phenoxy) is 1. The van der Waals surface area contributed by atoms with E-state index in [4.69, 9.17) is 4.74 Å². The van der Waals surface area contributed by atoms with Crippen LogP contribution >= 0.6 is 0 Å². The fourth-order valence-corrected chi connectivity index (χ4v) is 2.74. The monoisotopic (exact) mass is 294 g/mol. The zero-order valence-electron chi connectivity index (χ0n) is 11.8. The van der Waals surface area contributed by atoms with Crippen LogP contribution in [0, 0.1) is 10.1 Å². The van der Waals surface area contributed by atoms with Gasteiger partial charge >= 0.3 is 11.7 Å². The highest BCUT2D eigenvalue weighted by Gasteiger charge is 2.33. The minimum atomic E-state index is -0.950. The molecule has 0 amide bonds. The SMILES string of the molecule is COc1cccc(N2CCCCCC2C(=O)O)c1[N+](=O)[O-]. The van der Waals surface area contributed by atoms with Gasteiger partial charge in [0.2, 0.25) is 0 Å². The van der Waals surface area contributed by atoms with Crippen LogP contribution < -0.4 is 9.64 Å². The largest absolute Gasteiger partial charge is 0.490 e. The molecule has 7 heteroatoms. The molecule has 1 aromatic rings. The van der Waals surface area contributed by atoms with Gasteiger partial charge in [-0.2, -0.15) is 0 Å². The summed E-state index contributed by atoms with van der Waals surface area (Å²) in [5.41, 5.74) is 0.141. The number of methoxy groups -OCH3 is 1. The molecule has 0 radical (unpaired) electrons. The number of rotatable bonds is 4. The molecule has 7 nitrogen and oxygen atoms in total. The van der Waals surface area contributed by atoms with E-state index in [1.807, 2.05) is 0 Å². The van der Waals surface area contributed by atoms with Crippen LogP contribution in [0.3, 0.4) is 0 Å². The summed E-state index contributed by atoms with van der Waals surface area (Å²) in [6, 6.07) is 4.00.